The fraction of sp³-hybridized carbons (Fsp3) is 0.650. The first-order valence-corrected chi connectivity index (χ1v) is 10.0. The number of rotatable bonds is 9. The van der Waals surface area contributed by atoms with Crippen molar-refractivity contribution in [3.05, 3.63) is 23.8 Å². The molecule has 9 heteroatoms. The summed E-state index contributed by atoms with van der Waals surface area (Å²) in [5.41, 5.74) is 0.585. The number of ether oxygens (including phenoxy) is 2. The van der Waals surface area contributed by atoms with Gasteiger partial charge in [0, 0.05) is 32.2 Å². The summed E-state index contributed by atoms with van der Waals surface area (Å²) in [6, 6.07) is 5.12. The average molecular weight is 526 g/mol. The molecule has 1 aromatic rings. The molecule has 0 atom stereocenters. The summed E-state index contributed by atoms with van der Waals surface area (Å²) < 4.78 is 35.8. The highest BCUT2D eigenvalue weighted by molar-refractivity contribution is 14.0. The Morgan fingerprint density at radius 1 is 1.17 bits per heavy atom. The lowest BCUT2D eigenvalue weighted by Crippen LogP contribution is -2.41. The normalized spacial score (nSPS) is 15.4. The predicted octanol–water partition coefficient (Wildman–Crippen LogP) is 3.85. The molecule has 0 spiro atoms. The van der Waals surface area contributed by atoms with Gasteiger partial charge in [0.25, 0.3) is 0 Å². The lowest BCUT2D eigenvalue weighted by molar-refractivity contribution is -0.0520. The van der Waals surface area contributed by atoms with Crippen molar-refractivity contribution in [2.24, 2.45) is 4.99 Å². The number of alkyl halides is 2. The maximum absolute atomic E-state index is 12.8. The van der Waals surface area contributed by atoms with Crippen LogP contribution in [0.4, 0.5) is 8.78 Å². The molecule has 0 bridgehead atoms. The third kappa shape index (κ3) is 9.33. The number of guanidine groups is 1. The number of hydrogen-bond donors (Lipinski definition) is 2. The lowest BCUT2D eigenvalue weighted by atomic mass is 10.2. The first-order valence-electron chi connectivity index (χ1n) is 10.0. The maximum atomic E-state index is 12.8. The molecule has 0 aliphatic carbocycles. The second-order valence-corrected chi connectivity index (χ2v) is 6.66. The van der Waals surface area contributed by atoms with Gasteiger partial charge in [0.15, 0.2) is 17.5 Å². The third-order valence-corrected chi connectivity index (χ3v) is 4.66. The van der Waals surface area contributed by atoms with Crippen molar-refractivity contribution in [3.8, 4) is 11.5 Å². The van der Waals surface area contributed by atoms with Gasteiger partial charge >= 0.3 is 6.61 Å². The quantitative estimate of drug-likeness (QED) is 0.291. The molecule has 0 unspecified atom stereocenters. The van der Waals surface area contributed by atoms with Gasteiger partial charge in [0.1, 0.15) is 0 Å². The summed E-state index contributed by atoms with van der Waals surface area (Å²) in [5, 5.41) is 6.44. The van der Waals surface area contributed by atoms with E-state index in [9.17, 15) is 8.78 Å². The van der Waals surface area contributed by atoms with Crippen molar-refractivity contribution in [2.45, 2.75) is 45.8 Å². The Morgan fingerprint density at radius 2 is 1.90 bits per heavy atom. The van der Waals surface area contributed by atoms with E-state index in [1.54, 1.807) is 32.2 Å². The van der Waals surface area contributed by atoms with E-state index in [1.807, 2.05) is 0 Å². The van der Waals surface area contributed by atoms with Crippen molar-refractivity contribution in [1.29, 1.82) is 0 Å². The number of nitrogens with zero attached hydrogens (tertiary/aromatic N) is 2. The number of aliphatic imine (C=N–C) groups is 1. The van der Waals surface area contributed by atoms with E-state index in [4.69, 9.17) is 9.47 Å². The van der Waals surface area contributed by atoms with E-state index in [-0.39, 0.29) is 29.7 Å². The minimum Gasteiger partial charge on any atom is -0.490 e. The second-order valence-electron chi connectivity index (χ2n) is 6.66. The van der Waals surface area contributed by atoms with Gasteiger partial charge in [-0.3, -0.25) is 4.99 Å². The topological polar surface area (TPSA) is 58.1 Å². The van der Waals surface area contributed by atoms with Crippen molar-refractivity contribution < 1.29 is 18.3 Å². The van der Waals surface area contributed by atoms with Crippen LogP contribution in [-0.2, 0) is 6.54 Å². The van der Waals surface area contributed by atoms with Gasteiger partial charge in [-0.25, -0.2) is 0 Å². The zero-order chi connectivity index (χ0) is 20.2. The Kier molecular flexibility index (Phi) is 12.9. The molecule has 29 heavy (non-hydrogen) atoms. The molecular weight excluding hydrogens is 493 g/mol. The third-order valence-electron chi connectivity index (χ3n) is 4.66. The zero-order valence-corrected chi connectivity index (χ0v) is 19.6. The summed E-state index contributed by atoms with van der Waals surface area (Å²) >= 11 is 0. The minimum atomic E-state index is -2.91. The second kappa shape index (κ2) is 14.6. The Bertz CT molecular complexity index is 612. The van der Waals surface area contributed by atoms with E-state index in [1.165, 1.54) is 25.7 Å². The molecule has 0 aromatic heterocycles. The van der Waals surface area contributed by atoms with E-state index in [0.717, 1.165) is 26.2 Å². The average Bonchev–Trinajstić information content (AvgIpc) is 2.95. The van der Waals surface area contributed by atoms with Crippen molar-refractivity contribution in [3.63, 3.8) is 0 Å². The van der Waals surface area contributed by atoms with Gasteiger partial charge in [-0.05, 0) is 38.9 Å². The first kappa shape index (κ1) is 25.7. The van der Waals surface area contributed by atoms with E-state index in [2.05, 4.69) is 20.5 Å². The predicted molar refractivity (Wildman–Crippen MR) is 123 cm³/mol. The number of benzene rings is 1. The highest BCUT2D eigenvalue weighted by Gasteiger charge is 2.16. The highest BCUT2D eigenvalue weighted by atomic mass is 127. The SMILES string of the molecule is CCOc1cccc(CNC(=NC)NCCN2CCCCCC2)c1OC(F)F.I. The summed E-state index contributed by atoms with van der Waals surface area (Å²) in [4.78, 5) is 6.68. The van der Waals surface area contributed by atoms with Crippen LogP contribution in [0.3, 0.4) is 0 Å². The van der Waals surface area contributed by atoms with Crippen LogP contribution in [0.2, 0.25) is 0 Å². The summed E-state index contributed by atoms with van der Waals surface area (Å²) in [6.45, 7) is 3.58. The molecule has 1 fully saturated rings. The Morgan fingerprint density at radius 3 is 2.52 bits per heavy atom. The molecule has 0 amide bonds. The molecular formula is C20H33F2IN4O2. The molecule has 1 heterocycles. The van der Waals surface area contributed by atoms with Gasteiger partial charge in [-0.1, -0.05) is 25.0 Å². The first-order chi connectivity index (χ1) is 13.6. The molecule has 1 aliphatic heterocycles. The van der Waals surface area contributed by atoms with Crippen molar-refractivity contribution in [2.75, 3.05) is 39.8 Å². The van der Waals surface area contributed by atoms with E-state index >= 15 is 0 Å². The molecule has 1 saturated heterocycles. The fourth-order valence-corrected chi connectivity index (χ4v) is 3.28. The van der Waals surface area contributed by atoms with Gasteiger partial charge in [-0.15, -0.1) is 24.0 Å². The number of likely N-dealkylation sites (tertiary alicyclic amines) is 1. The Balaban J connectivity index is 0.00000420. The van der Waals surface area contributed by atoms with Crippen LogP contribution in [0.5, 0.6) is 11.5 Å². The molecule has 2 N–H and O–H groups in total. The number of halogens is 3. The van der Waals surface area contributed by atoms with Gasteiger partial charge in [-0.2, -0.15) is 8.78 Å². The van der Waals surface area contributed by atoms with Crippen LogP contribution in [0.25, 0.3) is 0 Å². The van der Waals surface area contributed by atoms with Crippen molar-refractivity contribution >= 4 is 29.9 Å². The van der Waals surface area contributed by atoms with E-state index in [0.29, 0.717) is 30.4 Å². The number of nitrogens with one attached hydrogen (secondary N) is 2. The molecule has 0 radical (unpaired) electrons. The fourth-order valence-electron chi connectivity index (χ4n) is 3.28. The maximum Gasteiger partial charge on any atom is 0.387 e. The molecule has 1 aromatic carbocycles. The molecule has 6 nitrogen and oxygen atoms in total. The van der Waals surface area contributed by atoms with Gasteiger partial charge in [0.2, 0.25) is 0 Å². The standard InChI is InChI=1S/C20H32F2N4O2.HI/c1-3-27-17-10-8-9-16(18(17)28-19(21)22)15-25-20(23-2)24-11-14-26-12-6-4-5-7-13-26;/h8-10,19H,3-7,11-15H2,1-2H3,(H2,23,24,25);1H. The van der Waals surface area contributed by atoms with Gasteiger partial charge in [0.05, 0.1) is 6.61 Å². The Hall–Kier alpha value is -1.36. The number of para-hydroxylation sites is 1. The summed E-state index contributed by atoms with van der Waals surface area (Å²) in [5.74, 6) is 0.998. The van der Waals surface area contributed by atoms with Crippen LogP contribution in [0.1, 0.15) is 38.2 Å². The largest absolute Gasteiger partial charge is 0.490 e. The smallest absolute Gasteiger partial charge is 0.387 e. The van der Waals surface area contributed by atoms with Gasteiger partial charge < -0.3 is 25.0 Å². The van der Waals surface area contributed by atoms with Crippen LogP contribution in [-0.4, -0.2) is 57.3 Å². The van der Waals surface area contributed by atoms with E-state index < -0.39 is 6.61 Å². The lowest BCUT2D eigenvalue weighted by Gasteiger charge is -2.21. The highest BCUT2D eigenvalue weighted by Crippen LogP contribution is 2.32. The minimum absolute atomic E-state index is 0. The zero-order valence-electron chi connectivity index (χ0n) is 17.3. The number of hydrogen-bond acceptors (Lipinski definition) is 4. The summed E-state index contributed by atoms with van der Waals surface area (Å²) in [7, 11) is 1.69. The van der Waals surface area contributed by atoms with Crippen LogP contribution >= 0.6 is 24.0 Å². The monoisotopic (exact) mass is 526 g/mol. The van der Waals surface area contributed by atoms with Crippen LogP contribution in [0, 0.1) is 0 Å². The molecule has 0 saturated carbocycles. The summed E-state index contributed by atoms with van der Waals surface area (Å²) in [6.07, 6.45) is 5.15. The van der Waals surface area contributed by atoms with Crippen LogP contribution < -0.4 is 20.1 Å². The van der Waals surface area contributed by atoms with Crippen molar-refractivity contribution in [1.82, 2.24) is 15.5 Å². The molecule has 2 rings (SSSR count). The Labute approximate surface area is 189 Å². The molecule has 166 valence electrons. The molecule has 1 aliphatic rings. The van der Waals surface area contributed by atoms with Crippen LogP contribution in [0.15, 0.2) is 23.2 Å².